The van der Waals surface area contributed by atoms with E-state index in [0.717, 1.165) is 18.7 Å². The van der Waals surface area contributed by atoms with Crippen LogP contribution in [0.5, 0.6) is 5.88 Å². The first kappa shape index (κ1) is 12.0. The molecule has 2 atom stereocenters. The number of ether oxygens (including phenoxy) is 2. The summed E-state index contributed by atoms with van der Waals surface area (Å²) >= 11 is 0. The Hall–Kier alpha value is -1.49. The van der Waals surface area contributed by atoms with Gasteiger partial charge in [0.05, 0.1) is 24.9 Å². The van der Waals surface area contributed by atoms with E-state index >= 15 is 0 Å². The maximum atomic E-state index is 5.72. The van der Waals surface area contributed by atoms with Crippen molar-refractivity contribution < 1.29 is 9.47 Å². The van der Waals surface area contributed by atoms with Crippen molar-refractivity contribution in [3.8, 4) is 5.88 Å². The van der Waals surface area contributed by atoms with Gasteiger partial charge in [-0.15, -0.1) is 0 Å². The van der Waals surface area contributed by atoms with Crippen molar-refractivity contribution >= 4 is 11.5 Å². The van der Waals surface area contributed by atoms with Crippen LogP contribution < -0.4 is 15.8 Å². The van der Waals surface area contributed by atoms with E-state index in [4.69, 9.17) is 15.2 Å². The Kier molecular flexibility index (Phi) is 3.68. The summed E-state index contributed by atoms with van der Waals surface area (Å²) in [6, 6.07) is 3.98. The number of nitrogens with two attached hydrogens (primary N) is 1. The zero-order valence-electron chi connectivity index (χ0n) is 10.3. The Labute approximate surface area is 101 Å². The molecule has 17 heavy (non-hydrogen) atoms. The smallest absolute Gasteiger partial charge is 0.238 e. The second-order valence-corrected chi connectivity index (χ2v) is 4.25. The van der Waals surface area contributed by atoms with Gasteiger partial charge < -0.3 is 20.5 Å². The van der Waals surface area contributed by atoms with Crippen molar-refractivity contribution in [3.63, 3.8) is 0 Å². The lowest BCUT2D eigenvalue weighted by molar-refractivity contribution is 0.101. The molecule has 0 saturated heterocycles. The van der Waals surface area contributed by atoms with Crippen LogP contribution in [-0.2, 0) is 4.74 Å². The topological polar surface area (TPSA) is 69.4 Å². The molecule has 0 amide bonds. The number of anilines is 2. The van der Waals surface area contributed by atoms with E-state index in [-0.39, 0.29) is 6.10 Å². The molecule has 5 nitrogen and oxygen atoms in total. The summed E-state index contributed by atoms with van der Waals surface area (Å²) in [6.07, 6.45) is 3.65. The third kappa shape index (κ3) is 2.61. The van der Waals surface area contributed by atoms with Crippen molar-refractivity contribution in [2.75, 3.05) is 25.3 Å². The van der Waals surface area contributed by atoms with Gasteiger partial charge in [-0.3, -0.25) is 0 Å². The third-order valence-electron chi connectivity index (χ3n) is 3.17. The first-order chi connectivity index (χ1) is 8.24. The van der Waals surface area contributed by atoms with E-state index in [0.29, 0.717) is 17.6 Å². The molecule has 1 aromatic rings. The molecule has 3 N–H and O–H groups in total. The highest BCUT2D eigenvalue weighted by molar-refractivity contribution is 5.53. The Bertz CT molecular complexity index is 384. The van der Waals surface area contributed by atoms with Gasteiger partial charge >= 0.3 is 0 Å². The van der Waals surface area contributed by atoms with Crippen molar-refractivity contribution in [2.45, 2.75) is 31.4 Å². The van der Waals surface area contributed by atoms with Crippen LogP contribution in [0.3, 0.4) is 0 Å². The minimum absolute atomic E-state index is 0.264. The normalized spacial score (nSPS) is 23.6. The Balaban J connectivity index is 2.08. The summed E-state index contributed by atoms with van der Waals surface area (Å²) in [4.78, 5) is 4.31. The molecule has 2 unspecified atom stereocenters. The second-order valence-electron chi connectivity index (χ2n) is 4.25. The van der Waals surface area contributed by atoms with E-state index in [1.165, 1.54) is 6.42 Å². The van der Waals surface area contributed by atoms with Crippen LogP contribution in [0.2, 0.25) is 0 Å². The van der Waals surface area contributed by atoms with Gasteiger partial charge in [0.1, 0.15) is 5.82 Å². The molecule has 0 bridgehead atoms. The molecule has 0 spiro atoms. The number of nitrogen functional groups attached to an aromatic ring is 1. The molecule has 94 valence electrons. The molecular weight excluding hydrogens is 218 g/mol. The molecular formula is C12H19N3O2. The van der Waals surface area contributed by atoms with Gasteiger partial charge in [-0.05, 0) is 31.4 Å². The summed E-state index contributed by atoms with van der Waals surface area (Å²) in [5.74, 6) is 1.24. The number of nitrogens with zero attached hydrogens (tertiary/aromatic N) is 1. The van der Waals surface area contributed by atoms with E-state index in [1.54, 1.807) is 20.3 Å². The van der Waals surface area contributed by atoms with Crippen molar-refractivity contribution in [1.29, 1.82) is 0 Å². The fourth-order valence-corrected chi connectivity index (χ4v) is 2.26. The lowest BCUT2D eigenvalue weighted by Gasteiger charge is -2.20. The zero-order valence-corrected chi connectivity index (χ0v) is 10.3. The third-order valence-corrected chi connectivity index (χ3v) is 3.17. The molecule has 1 saturated carbocycles. The second kappa shape index (κ2) is 5.23. The fraction of sp³-hybridized carbons (Fsp3) is 0.583. The van der Waals surface area contributed by atoms with Gasteiger partial charge in [-0.25, -0.2) is 0 Å². The molecule has 1 aromatic heterocycles. The number of rotatable bonds is 4. The van der Waals surface area contributed by atoms with Gasteiger partial charge in [0.2, 0.25) is 5.88 Å². The lowest BCUT2D eigenvalue weighted by Crippen LogP contribution is -2.30. The number of methoxy groups -OCH3 is 2. The predicted octanol–water partition coefficient (Wildman–Crippen LogP) is 1.65. The van der Waals surface area contributed by atoms with E-state index in [1.807, 2.05) is 6.07 Å². The Morgan fingerprint density at radius 2 is 2.18 bits per heavy atom. The summed E-state index contributed by atoms with van der Waals surface area (Å²) < 4.78 is 10.5. The molecule has 1 heterocycles. The monoisotopic (exact) mass is 237 g/mol. The summed E-state index contributed by atoms with van der Waals surface area (Å²) in [5.41, 5.74) is 6.27. The van der Waals surface area contributed by atoms with Gasteiger partial charge in [0, 0.05) is 7.11 Å². The standard InChI is InChI=1S/C12H19N3O2/c1-16-10-5-3-4-9(10)14-11-7-6-8(13)12(15-11)17-2/h6-7,9-10H,3-5,13H2,1-2H3,(H,14,15). The van der Waals surface area contributed by atoms with E-state index in [2.05, 4.69) is 10.3 Å². The molecule has 5 heteroatoms. The SMILES string of the molecule is COc1nc(NC2CCCC2OC)ccc1N. The quantitative estimate of drug-likeness (QED) is 0.833. The van der Waals surface area contributed by atoms with E-state index in [9.17, 15) is 0 Å². The fourth-order valence-electron chi connectivity index (χ4n) is 2.26. The lowest BCUT2D eigenvalue weighted by atomic mass is 10.2. The van der Waals surface area contributed by atoms with Crippen molar-refractivity contribution in [2.24, 2.45) is 0 Å². The average molecular weight is 237 g/mol. The van der Waals surface area contributed by atoms with Crippen LogP contribution in [-0.4, -0.2) is 31.3 Å². The highest BCUT2D eigenvalue weighted by Crippen LogP contribution is 2.26. The maximum absolute atomic E-state index is 5.72. The molecule has 1 aliphatic carbocycles. The van der Waals surface area contributed by atoms with Crippen LogP contribution in [0, 0.1) is 0 Å². The number of hydrogen-bond donors (Lipinski definition) is 2. The Morgan fingerprint density at radius 1 is 1.35 bits per heavy atom. The minimum Gasteiger partial charge on any atom is -0.479 e. The van der Waals surface area contributed by atoms with Crippen LogP contribution in [0.1, 0.15) is 19.3 Å². The largest absolute Gasteiger partial charge is 0.479 e. The Morgan fingerprint density at radius 3 is 2.88 bits per heavy atom. The van der Waals surface area contributed by atoms with E-state index < -0.39 is 0 Å². The molecule has 0 radical (unpaired) electrons. The maximum Gasteiger partial charge on any atom is 0.238 e. The minimum atomic E-state index is 0.264. The zero-order chi connectivity index (χ0) is 12.3. The van der Waals surface area contributed by atoms with Crippen LogP contribution in [0.15, 0.2) is 12.1 Å². The number of nitrogens with one attached hydrogen (secondary N) is 1. The number of aromatic nitrogens is 1. The highest BCUT2D eigenvalue weighted by atomic mass is 16.5. The molecule has 2 rings (SSSR count). The van der Waals surface area contributed by atoms with Crippen LogP contribution >= 0.6 is 0 Å². The molecule has 1 aliphatic rings. The van der Waals surface area contributed by atoms with Crippen LogP contribution in [0.4, 0.5) is 11.5 Å². The summed E-state index contributed by atoms with van der Waals surface area (Å²) in [7, 11) is 3.32. The van der Waals surface area contributed by atoms with Gasteiger partial charge in [0.15, 0.2) is 0 Å². The number of pyridine rings is 1. The highest BCUT2D eigenvalue weighted by Gasteiger charge is 2.27. The van der Waals surface area contributed by atoms with Crippen molar-refractivity contribution in [1.82, 2.24) is 4.98 Å². The first-order valence-corrected chi connectivity index (χ1v) is 5.84. The summed E-state index contributed by atoms with van der Waals surface area (Å²) in [6.45, 7) is 0. The molecule has 1 fully saturated rings. The predicted molar refractivity (Wildman–Crippen MR) is 67.3 cm³/mol. The molecule has 0 aromatic carbocycles. The molecule has 0 aliphatic heterocycles. The average Bonchev–Trinajstić information content (AvgIpc) is 2.79. The van der Waals surface area contributed by atoms with Crippen molar-refractivity contribution in [3.05, 3.63) is 12.1 Å². The van der Waals surface area contributed by atoms with Gasteiger partial charge in [-0.2, -0.15) is 4.98 Å². The first-order valence-electron chi connectivity index (χ1n) is 5.84. The van der Waals surface area contributed by atoms with Crippen LogP contribution in [0.25, 0.3) is 0 Å². The van der Waals surface area contributed by atoms with Gasteiger partial charge in [-0.1, -0.05) is 0 Å². The summed E-state index contributed by atoms with van der Waals surface area (Å²) in [5, 5.41) is 3.37. The van der Waals surface area contributed by atoms with Gasteiger partial charge in [0.25, 0.3) is 0 Å². The number of hydrogen-bond acceptors (Lipinski definition) is 5.